The Morgan fingerprint density at radius 2 is 1.76 bits per heavy atom. The summed E-state index contributed by atoms with van der Waals surface area (Å²) in [6, 6.07) is 14.6. The van der Waals surface area contributed by atoms with Crippen molar-refractivity contribution in [3.8, 4) is 5.69 Å². The molecule has 0 N–H and O–H groups in total. The minimum absolute atomic E-state index is 0.169. The van der Waals surface area contributed by atoms with Crippen molar-refractivity contribution >= 4 is 23.2 Å². The van der Waals surface area contributed by atoms with Crippen molar-refractivity contribution < 1.29 is 4.79 Å². The Morgan fingerprint density at radius 1 is 1.04 bits per heavy atom. The molecule has 4 rings (SSSR count). The first-order valence-electron chi connectivity index (χ1n) is 7.81. The molecule has 0 bridgehead atoms. The minimum Gasteiger partial charge on any atom is -0.310 e. The van der Waals surface area contributed by atoms with Crippen LogP contribution in [0.3, 0.4) is 0 Å². The second kappa shape index (κ2) is 6.18. The van der Waals surface area contributed by atoms with Gasteiger partial charge in [0.05, 0.1) is 10.7 Å². The molecule has 1 aliphatic rings. The minimum atomic E-state index is -0.506. The molecule has 8 heteroatoms. The number of anilines is 1. The van der Waals surface area contributed by atoms with E-state index in [-0.39, 0.29) is 12.5 Å². The van der Waals surface area contributed by atoms with E-state index in [2.05, 4.69) is 10.4 Å². The maximum absolute atomic E-state index is 12.6. The number of amides is 1. The molecule has 0 fully saturated rings. The summed E-state index contributed by atoms with van der Waals surface area (Å²) < 4.78 is 2.14. The first kappa shape index (κ1) is 15.6. The van der Waals surface area contributed by atoms with E-state index < -0.39 is 5.69 Å². The van der Waals surface area contributed by atoms with Crippen LogP contribution in [0.5, 0.6) is 0 Å². The SMILES string of the molecule is O=C(Cn1nnn(-c2ccccc2Cl)c1=O)N1CCc2ccccc21. The predicted octanol–water partition coefficient (Wildman–Crippen LogP) is 1.67. The highest BCUT2D eigenvalue weighted by molar-refractivity contribution is 6.32. The highest BCUT2D eigenvalue weighted by Crippen LogP contribution is 2.27. The van der Waals surface area contributed by atoms with E-state index in [1.807, 2.05) is 24.3 Å². The average Bonchev–Trinajstić information content (AvgIpc) is 3.20. The van der Waals surface area contributed by atoms with Gasteiger partial charge in [-0.2, -0.15) is 9.36 Å². The zero-order chi connectivity index (χ0) is 17.4. The van der Waals surface area contributed by atoms with E-state index in [1.165, 1.54) is 0 Å². The Morgan fingerprint density at radius 3 is 2.56 bits per heavy atom. The molecule has 0 spiro atoms. The fraction of sp³-hybridized carbons (Fsp3) is 0.176. The number of hydrogen-bond acceptors (Lipinski definition) is 4. The Balaban J connectivity index is 1.60. The van der Waals surface area contributed by atoms with E-state index >= 15 is 0 Å². The lowest BCUT2D eigenvalue weighted by atomic mass is 10.2. The highest BCUT2D eigenvalue weighted by atomic mass is 35.5. The molecule has 1 aliphatic heterocycles. The van der Waals surface area contributed by atoms with Crippen molar-refractivity contribution in [3.63, 3.8) is 0 Å². The molecular weight excluding hydrogens is 342 g/mol. The monoisotopic (exact) mass is 355 g/mol. The molecule has 1 amide bonds. The molecule has 2 aromatic carbocycles. The van der Waals surface area contributed by atoms with Crippen molar-refractivity contribution in [1.29, 1.82) is 0 Å². The molecule has 2 heterocycles. The fourth-order valence-electron chi connectivity index (χ4n) is 2.96. The summed E-state index contributed by atoms with van der Waals surface area (Å²) in [5.74, 6) is -0.196. The smallest absolute Gasteiger partial charge is 0.310 e. The van der Waals surface area contributed by atoms with E-state index in [0.29, 0.717) is 17.3 Å². The molecule has 25 heavy (non-hydrogen) atoms. The van der Waals surface area contributed by atoms with Gasteiger partial charge in [0.25, 0.3) is 0 Å². The number of tetrazole rings is 1. The standard InChI is InChI=1S/C17H14ClN5O2/c18-13-6-2-4-8-15(13)23-17(25)22(19-20-23)11-16(24)21-10-9-12-5-1-3-7-14(12)21/h1-8H,9-11H2. The first-order valence-corrected chi connectivity index (χ1v) is 8.19. The summed E-state index contributed by atoms with van der Waals surface area (Å²) >= 11 is 6.09. The number of fused-ring (bicyclic) bond motifs is 1. The van der Waals surface area contributed by atoms with Gasteiger partial charge in [0.2, 0.25) is 5.91 Å². The van der Waals surface area contributed by atoms with Gasteiger partial charge in [-0.15, -0.1) is 0 Å². The maximum atomic E-state index is 12.6. The van der Waals surface area contributed by atoms with Gasteiger partial charge in [0.1, 0.15) is 6.54 Å². The highest BCUT2D eigenvalue weighted by Gasteiger charge is 2.25. The molecule has 0 aliphatic carbocycles. The Bertz CT molecular complexity index is 1010. The molecule has 3 aromatic rings. The van der Waals surface area contributed by atoms with Crippen LogP contribution in [-0.4, -0.2) is 32.2 Å². The van der Waals surface area contributed by atoms with Gasteiger partial charge in [-0.25, -0.2) is 4.79 Å². The Labute approximate surface area is 148 Å². The largest absolute Gasteiger partial charge is 0.369 e. The van der Waals surface area contributed by atoms with Crippen molar-refractivity contribution in [2.75, 3.05) is 11.4 Å². The van der Waals surface area contributed by atoms with Crippen molar-refractivity contribution in [2.24, 2.45) is 0 Å². The van der Waals surface area contributed by atoms with Crippen LogP contribution in [0, 0.1) is 0 Å². The van der Waals surface area contributed by atoms with Gasteiger partial charge < -0.3 is 4.90 Å². The van der Waals surface area contributed by atoms with Crippen LogP contribution in [0.4, 0.5) is 5.69 Å². The summed E-state index contributed by atoms with van der Waals surface area (Å²) in [7, 11) is 0. The van der Waals surface area contributed by atoms with E-state index in [1.54, 1.807) is 29.2 Å². The summed E-state index contributed by atoms with van der Waals surface area (Å²) in [6.45, 7) is 0.434. The summed E-state index contributed by atoms with van der Waals surface area (Å²) in [5.41, 5.74) is 1.94. The molecule has 0 radical (unpaired) electrons. The molecule has 0 atom stereocenters. The molecule has 0 saturated heterocycles. The lowest BCUT2D eigenvalue weighted by Crippen LogP contribution is -2.36. The summed E-state index contributed by atoms with van der Waals surface area (Å²) in [6.07, 6.45) is 0.809. The number of para-hydroxylation sites is 2. The quantitative estimate of drug-likeness (QED) is 0.716. The number of benzene rings is 2. The number of nitrogens with zero attached hydrogens (tertiary/aromatic N) is 5. The van der Waals surface area contributed by atoms with Gasteiger partial charge in [-0.1, -0.05) is 41.9 Å². The summed E-state index contributed by atoms with van der Waals surface area (Å²) in [4.78, 5) is 26.8. The van der Waals surface area contributed by atoms with Crippen LogP contribution < -0.4 is 10.6 Å². The zero-order valence-corrected chi connectivity index (χ0v) is 13.9. The fourth-order valence-corrected chi connectivity index (χ4v) is 3.17. The van der Waals surface area contributed by atoms with Gasteiger partial charge in [-0.3, -0.25) is 4.79 Å². The van der Waals surface area contributed by atoms with Gasteiger partial charge in [0, 0.05) is 12.2 Å². The third kappa shape index (κ3) is 2.72. The van der Waals surface area contributed by atoms with E-state index in [4.69, 9.17) is 11.6 Å². The van der Waals surface area contributed by atoms with E-state index in [0.717, 1.165) is 27.0 Å². The number of aromatic nitrogens is 4. The first-order chi connectivity index (χ1) is 12.1. The lowest BCUT2D eigenvalue weighted by molar-refractivity contribution is -0.119. The lowest BCUT2D eigenvalue weighted by Gasteiger charge is -2.16. The number of halogens is 1. The topological polar surface area (TPSA) is 73.0 Å². The van der Waals surface area contributed by atoms with Crippen molar-refractivity contribution in [3.05, 3.63) is 69.6 Å². The normalized spacial score (nSPS) is 13.1. The van der Waals surface area contributed by atoms with Crippen LogP contribution in [0.2, 0.25) is 5.02 Å². The number of hydrogen-bond donors (Lipinski definition) is 0. The van der Waals surface area contributed by atoms with Gasteiger partial charge in [0.15, 0.2) is 0 Å². The second-order valence-electron chi connectivity index (χ2n) is 5.71. The van der Waals surface area contributed by atoms with Crippen LogP contribution in [0.1, 0.15) is 5.56 Å². The number of rotatable bonds is 3. The molecule has 0 unspecified atom stereocenters. The second-order valence-corrected chi connectivity index (χ2v) is 6.11. The molecular formula is C17H14ClN5O2. The molecule has 1 aromatic heterocycles. The van der Waals surface area contributed by atoms with Gasteiger partial charge >= 0.3 is 5.69 Å². The van der Waals surface area contributed by atoms with Crippen LogP contribution in [-0.2, 0) is 17.8 Å². The van der Waals surface area contributed by atoms with Crippen LogP contribution in [0.25, 0.3) is 5.69 Å². The van der Waals surface area contributed by atoms with E-state index in [9.17, 15) is 9.59 Å². The Hall–Kier alpha value is -2.93. The number of carbonyl (C=O) groups excluding carboxylic acids is 1. The summed E-state index contributed by atoms with van der Waals surface area (Å²) in [5, 5.41) is 8.03. The predicted molar refractivity (Wildman–Crippen MR) is 93.1 cm³/mol. The third-order valence-electron chi connectivity index (χ3n) is 4.19. The zero-order valence-electron chi connectivity index (χ0n) is 13.2. The van der Waals surface area contributed by atoms with Crippen molar-refractivity contribution in [2.45, 2.75) is 13.0 Å². The molecule has 7 nitrogen and oxygen atoms in total. The molecule has 126 valence electrons. The van der Waals surface area contributed by atoms with Crippen LogP contribution >= 0.6 is 11.6 Å². The maximum Gasteiger partial charge on any atom is 0.369 e. The van der Waals surface area contributed by atoms with Crippen molar-refractivity contribution in [1.82, 2.24) is 19.8 Å². The van der Waals surface area contributed by atoms with Gasteiger partial charge in [-0.05, 0) is 40.6 Å². The van der Waals surface area contributed by atoms with Crippen LogP contribution in [0.15, 0.2) is 53.3 Å². The number of carbonyl (C=O) groups is 1. The molecule has 0 saturated carbocycles. The third-order valence-corrected chi connectivity index (χ3v) is 4.51. The average molecular weight is 356 g/mol. The Kier molecular flexibility index (Phi) is 3.85.